The van der Waals surface area contributed by atoms with Crippen molar-refractivity contribution in [1.82, 2.24) is 0 Å². The molecule has 2 aliphatic carbocycles. The molecule has 2 aromatic carbocycles. The summed E-state index contributed by atoms with van der Waals surface area (Å²) in [5.74, 6) is -6.03. The molecule has 2 atom stereocenters. The van der Waals surface area contributed by atoms with Gasteiger partial charge in [-0.05, 0) is 25.8 Å². The van der Waals surface area contributed by atoms with E-state index in [4.69, 9.17) is 4.74 Å². The smallest absolute Gasteiger partial charge is 0.490 e. The molecule has 0 radical (unpaired) electrons. The number of alkyl halides is 3. The molecule has 8 nitrogen and oxygen atoms in total. The van der Waals surface area contributed by atoms with Crippen LogP contribution < -0.4 is 4.74 Å². The second-order valence-electron chi connectivity index (χ2n) is 8.02. The van der Waals surface area contributed by atoms with Crippen molar-refractivity contribution < 1.29 is 52.3 Å². The molecule has 4 rings (SSSR count). The first kappa shape index (κ1) is 22.6. The average Bonchev–Trinajstić information content (AvgIpc) is 2.74. The Morgan fingerprint density at radius 1 is 1.09 bits per heavy atom. The summed E-state index contributed by atoms with van der Waals surface area (Å²) in [5.41, 5.74) is -4.36. The lowest BCUT2D eigenvalue weighted by Gasteiger charge is -2.39. The van der Waals surface area contributed by atoms with Crippen LogP contribution in [0.3, 0.4) is 0 Å². The quantitative estimate of drug-likeness (QED) is 0.388. The molecule has 0 saturated heterocycles. The number of ketones is 2. The molecular formula is C22H17F3O8. The van der Waals surface area contributed by atoms with Crippen molar-refractivity contribution >= 4 is 17.5 Å². The van der Waals surface area contributed by atoms with E-state index in [9.17, 15) is 42.9 Å². The number of carbonyl (C=O) groups excluding carboxylic acids is 3. The van der Waals surface area contributed by atoms with Gasteiger partial charge in [0.1, 0.15) is 22.8 Å². The molecular weight excluding hydrogens is 449 g/mol. The largest absolute Gasteiger partial charge is 0.507 e. The third-order valence-corrected chi connectivity index (χ3v) is 5.93. The van der Waals surface area contributed by atoms with Crippen LogP contribution in [-0.4, -0.2) is 51.7 Å². The van der Waals surface area contributed by atoms with Gasteiger partial charge in [0.25, 0.3) is 0 Å². The van der Waals surface area contributed by atoms with Gasteiger partial charge < -0.3 is 24.8 Å². The van der Waals surface area contributed by atoms with E-state index in [0.29, 0.717) is 0 Å². The summed E-state index contributed by atoms with van der Waals surface area (Å²) >= 11 is 0. The summed E-state index contributed by atoms with van der Waals surface area (Å²) in [7, 11) is 1.27. The highest BCUT2D eigenvalue weighted by Gasteiger charge is 2.51. The minimum atomic E-state index is -5.40. The Hall–Kier alpha value is -3.60. The summed E-state index contributed by atoms with van der Waals surface area (Å²) in [6, 6.07) is 4.13. The van der Waals surface area contributed by atoms with E-state index in [1.54, 1.807) is 0 Å². The highest BCUT2D eigenvalue weighted by molar-refractivity contribution is 6.31. The minimum absolute atomic E-state index is 0.0491. The van der Waals surface area contributed by atoms with Gasteiger partial charge in [-0.3, -0.25) is 9.59 Å². The predicted molar refractivity (Wildman–Crippen MR) is 103 cm³/mol. The molecule has 2 aliphatic rings. The Morgan fingerprint density at radius 2 is 1.73 bits per heavy atom. The molecule has 0 heterocycles. The Bertz CT molecular complexity index is 1230. The van der Waals surface area contributed by atoms with Crippen molar-refractivity contribution in [2.45, 2.75) is 37.6 Å². The molecule has 0 bridgehead atoms. The molecule has 3 N–H and O–H groups in total. The standard InChI is InChI=1S/C22H17F3O8/c1-21(31)7-6-9-12(19(21)33-20(30)22(23,24)25)18(29)14-13(16(9)27)17(28)11-8(15(14)26)4-3-5-10(11)32-2/h3-5,19,27,29,31H,6-7H2,1-2H3/t19-,21-/m1/s1. The number of aliphatic hydroxyl groups is 1. The number of rotatable bonds is 2. The molecule has 33 heavy (non-hydrogen) atoms. The van der Waals surface area contributed by atoms with Crippen molar-refractivity contribution in [3.05, 3.63) is 51.6 Å². The lowest BCUT2D eigenvalue weighted by Crippen LogP contribution is -2.42. The average molecular weight is 466 g/mol. The third kappa shape index (κ3) is 3.22. The van der Waals surface area contributed by atoms with Crippen LogP contribution >= 0.6 is 0 Å². The van der Waals surface area contributed by atoms with Crippen LogP contribution in [0.4, 0.5) is 13.2 Å². The van der Waals surface area contributed by atoms with Gasteiger partial charge in [0.15, 0.2) is 11.9 Å². The maximum Gasteiger partial charge on any atom is 0.490 e. The number of carbonyl (C=O) groups is 3. The Kier molecular flexibility index (Phi) is 4.93. The van der Waals surface area contributed by atoms with E-state index in [0.717, 1.165) is 6.92 Å². The number of benzene rings is 2. The zero-order chi connectivity index (χ0) is 24.5. The lowest BCUT2D eigenvalue weighted by molar-refractivity contribution is -0.216. The van der Waals surface area contributed by atoms with E-state index in [2.05, 4.69) is 4.74 Å². The fraction of sp³-hybridized carbons (Fsp3) is 0.318. The summed E-state index contributed by atoms with van der Waals surface area (Å²) in [5, 5.41) is 32.5. The van der Waals surface area contributed by atoms with Crippen LogP contribution in [0.2, 0.25) is 0 Å². The summed E-state index contributed by atoms with van der Waals surface area (Å²) in [4.78, 5) is 38.0. The fourth-order valence-electron chi connectivity index (χ4n) is 4.33. The van der Waals surface area contributed by atoms with Crippen molar-refractivity contribution in [2.75, 3.05) is 7.11 Å². The number of phenols is 2. The second kappa shape index (κ2) is 7.20. The molecule has 2 aromatic rings. The highest BCUT2D eigenvalue weighted by atomic mass is 19.4. The summed E-state index contributed by atoms with van der Waals surface area (Å²) in [6.45, 7) is 1.09. The van der Waals surface area contributed by atoms with Crippen molar-refractivity contribution in [2.24, 2.45) is 0 Å². The molecule has 0 fully saturated rings. The SMILES string of the molecule is COc1cccc2c1C(=O)c1c(O)c3c(c(O)c1C2=O)[C@@H](OC(=O)C(F)(F)F)[C@](C)(O)CC3. The highest BCUT2D eigenvalue weighted by Crippen LogP contribution is 2.52. The van der Waals surface area contributed by atoms with Gasteiger partial charge >= 0.3 is 12.1 Å². The maximum absolute atomic E-state index is 13.2. The molecule has 0 aromatic heterocycles. The molecule has 0 saturated carbocycles. The van der Waals surface area contributed by atoms with E-state index in [1.807, 2.05) is 0 Å². The first-order valence-corrected chi connectivity index (χ1v) is 9.68. The predicted octanol–water partition coefficient (Wildman–Crippen LogP) is 2.73. The summed E-state index contributed by atoms with van der Waals surface area (Å²) in [6.07, 6.45) is -7.93. The lowest BCUT2D eigenvalue weighted by atomic mass is 9.73. The molecule has 0 spiro atoms. The molecule has 11 heteroatoms. The number of hydrogen-bond donors (Lipinski definition) is 3. The van der Waals surface area contributed by atoms with Crippen molar-refractivity contribution in [1.29, 1.82) is 0 Å². The fourth-order valence-corrected chi connectivity index (χ4v) is 4.33. The molecule has 174 valence electrons. The van der Waals surface area contributed by atoms with Gasteiger partial charge in [-0.25, -0.2) is 4.79 Å². The van der Waals surface area contributed by atoms with Crippen LogP contribution in [0.5, 0.6) is 17.2 Å². The van der Waals surface area contributed by atoms with Crippen molar-refractivity contribution in [3.8, 4) is 17.2 Å². The number of esters is 1. The number of halogens is 3. The minimum Gasteiger partial charge on any atom is -0.507 e. The molecule has 0 amide bonds. The number of aromatic hydroxyl groups is 2. The number of methoxy groups -OCH3 is 1. The first-order valence-electron chi connectivity index (χ1n) is 9.68. The van der Waals surface area contributed by atoms with E-state index >= 15 is 0 Å². The van der Waals surface area contributed by atoms with Gasteiger partial charge in [-0.1, -0.05) is 12.1 Å². The van der Waals surface area contributed by atoms with Crippen LogP contribution in [-0.2, 0) is 16.0 Å². The second-order valence-corrected chi connectivity index (χ2v) is 8.02. The van der Waals surface area contributed by atoms with Crippen LogP contribution in [0.25, 0.3) is 0 Å². The number of hydrogen-bond acceptors (Lipinski definition) is 8. The Morgan fingerprint density at radius 3 is 2.33 bits per heavy atom. The monoisotopic (exact) mass is 466 g/mol. The topological polar surface area (TPSA) is 130 Å². The third-order valence-electron chi connectivity index (χ3n) is 5.93. The number of ether oxygens (including phenoxy) is 2. The maximum atomic E-state index is 13.2. The zero-order valence-electron chi connectivity index (χ0n) is 17.2. The molecule has 0 unspecified atom stereocenters. The summed E-state index contributed by atoms with van der Waals surface area (Å²) < 4.78 is 48.2. The Balaban J connectivity index is 1.99. The number of fused-ring (bicyclic) bond motifs is 3. The van der Waals surface area contributed by atoms with Gasteiger partial charge in [0.2, 0.25) is 5.78 Å². The van der Waals surface area contributed by atoms with Gasteiger partial charge in [-0.15, -0.1) is 0 Å². The van der Waals surface area contributed by atoms with E-state index < -0.39 is 63.6 Å². The molecule has 0 aliphatic heterocycles. The van der Waals surface area contributed by atoms with Crippen molar-refractivity contribution in [3.63, 3.8) is 0 Å². The van der Waals surface area contributed by atoms with Crippen LogP contribution in [0, 0.1) is 0 Å². The zero-order valence-corrected chi connectivity index (χ0v) is 17.2. The van der Waals surface area contributed by atoms with Gasteiger partial charge in [-0.2, -0.15) is 13.2 Å². The van der Waals surface area contributed by atoms with E-state index in [1.165, 1.54) is 25.3 Å². The van der Waals surface area contributed by atoms with Gasteiger partial charge in [0, 0.05) is 16.7 Å². The van der Waals surface area contributed by atoms with Gasteiger partial charge in [0.05, 0.1) is 23.8 Å². The van der Waals surface area contributed by atoms with Crippen LogP contribution in [0.1, 0.15) is 62.4 Å². The number of phenolic OH excluding ortho intramolecular Hbond substituents is 2. The first-order chi connectivity index (χ1) is 15.3. The Labute approximate surface area is 184 Å². The van der Waals surface area contributed by atoms with Crippen LogP contribution in [0.15, 0.2) is 18.2 Å². The normalized spacial score (nSPS) is 21.7. The van der Waals surface area contributed by atoms with E-state index in [-0.39, 0.29) is 35.3 Å².